The number of aromatic nitrogens is 1. The molecule has 0 amide bonds. The summed E-state index contributed by atoms with van der Waals surface area (Å²) in [6.45, 7) is 2.43. The molecule has 19 heavy (non-hydrogen) atoms. The fourth-order valence-corrected chi connectivity index (χ4v) is 4.42. The molecule has 2 aliphatic carbocycles. The summed E-state index contributed by atoms with van der Waals surface area (Å²) < 4.78 is 0. The van der Waals surface area contributed by atoms with Crippen molar-refractivity contribution in [1.82, 2.24) is 10.3 Å². The molecule has 0 aromatic carbocycles. The summed E-state index contributed by atoms with van der Waals surface area (Å²) in [4.78, 5) is 4.73. The predicted octanol–water partition coefficient (Wildman–Crippen LogP) is 3.53. The van der Waals surface area contributed by atoms with Gasteiger partial charge in [0.1, 0.15) is 0 Å². The van der Waals surface area contributed by atoms with Crippen molar-refractivity contribution < 1.29 is 0 Å². The Bertz CT molecular complexity index is 429. The van der Waals surface area contributed by atoms with Gasteiger partial charge in [0, 0.05) is 23.9 Å². The Morgan fingerprint density at radius 2 is 2.16 bits per heavy atom. The Morgan fingerprint density at radius 1 is 1.26 bits per heavy atom. The van der Waals surface area contributed by atoms with Crippen molar-refractivity contribution in [3.05, 3.63) is 29.6 Å². The molecule has 1 fully saturated rings. The van der Waals surface area contributed by atoms with Gasteiger partial charge in [-0.15, -0.1) is 0 Å². The van der Waals surface area contributed by atoms with Gasteiger partial charge in [-0.2, -0.15) is 0 Å². The van der Waals surface area contributed by atoms with E-state index in [0.29, 0.717) is 12.0 Å². The van der Waals surface area contributed by atoms with Crippen LogP contribution in [0.1, 0.15) is 56.2 Å². The monoisotopic (exact) mass is 258 g/mol. The third-order valence-corrected chi connectivity index (χ3v) is 5.39. The third kappa shape index (κ3) is 2.43. The number of nitrogens with zero attached hydrogens (tertiary/aromatic N) is 1. The third-order valence-electron chi connectivity index (χ3n) is 5.39. The molecule has 2 aliphatic rings. The van der Waals surface area contributed by atoms with Crippen molar-refractivity contribution in [3.63, 3.8) is 0 Å². The standard InChI is InChI=1S/C17H26N2/c1-12-6-3-9-14(12)17(18-2)15-10-4-7-13-8-5-11-19-16(13)15/h5,8,11-12,14-15,17-18H,3-4,6-7,9-10H2,1-2H3. The van der Waals surface area contributed by atoms with Gasteiger partial charge in [-0.25, -0.2) is 0 Å². The van der Waals surface area contributed by atoms with Gasteiger partial charge in [0.2, 0.25) is 0 Å². The normalized spacial score (nSPS) is 32.0. The van der Waals surface area contributed by atoms with Gasteiger partial charge in [-0.05, 0) is 56.2 Å². The van der Waals surface area contributed by atoms with Crippen LogP contribution in [-0.2, 0) is 6.42 Å². The zero-order chi connectivity index (χ0) is 13.2. The number of pyridine rings is 1. The van der Waals surface area contributed by atoms with Gasteiger partial charge in [-0.3, -0.25) is 4.98 Å². The van der Waals surface area contributed by atoms with E-state index >= 15 is 0 Å². The van der Waals surface area contributed by atoms with Crippen molar-refractivity contribution in [2.45, 2.75) is 57.4 Å². The molecule has 4 atom stereocenters. The molecule has 0 aliphatic heterocycles. The molecule has 0 bridgehead atoms. The molecule has 3 rings (SSSR count). The van der Waals surface area contributed by atoms with Crippen LogP contribution in [0.5, 0.6) is 0 Å². The molecular formula is C17H26N2. The first-order chi connectivity index (χ1) is 9.31. The second kappa shape index (κ2) is 5.62. The van der Waals surface area contributed by atoms with Crippen LogP contribution in [0.2, 0.25) is 0 Å². The van der Waals surface area contributed by atoms with Gasteiger partial charge >= 0.3 is 0 Å². The number of likely N-dealkylation sites (N-methyl/N-ethyl adjacent to an activating group) is 1. The van der Waals surface area contributed by atoms with Crippen molar-refractivity contribution in [1.29, 1.82) is 0 Å². The molecule has 2 heteroatoms. The van der Waals surface area contributed by atoms with Crippen LogP contribution in [-0.4, -0.2) is 18.1 Å². The highest BCUT2D eigenvalue weighted by Gasteiger charge is 2.37. The highest BCUT2D eigenvalue weighted by molar-refractivity contribution is 5.27. The number of nitrogens with one attached hydrogen (secondary N) is 1. The van der Waals surface area contributed by atoms with E-state index in [1.165, 1.54) is 49.8 Å². The fourth-order valence-electron chi connectivity index (χ4n) is 4.42. The summed E-state index contributed by atoms with van der Waals surface area (Å²) in [6, 6.07) is 4.99. The SMILES string of the molecule is CNC(C1CCCc2cccnc21)C1CCCC1C. The van der Waals surface area contributed by atoms with Crippen LogP contribution in [0.4, 0.5) is 0 Å². The lowest BCUT2D eigenvalue weighted by molar-refractivity contribution is 0.255. The van der Waals surface area contributed by atoms with Crippen LogP contribution < -0.4 is 5.32 Å². The fraction of sp³-hybridized carbons (Fsp3) is 0.706. The molecule has 1 N–H and O–H groups in total. The topological polar surface area (TPSA) is 24.9 Å². The van der Waals surface area contributed by atoms with E-state index in [9.17, 15) is 0 Å². The zero-order valence-corrected chi connectivity index (χ0v) is 12.2. The van der Waals surface area contributed by atoms with Crippen molar-refractivity contribution in [3.8, 4) is 0 Å². The van der Waals surface area contributed by atoms with Crippen molar-refractivity contribution in [2.24, 2.45) is 11.8 Å². The van der Waals surface area contributed by atoms with E-state index in [-0.39, 0.29) is 0 Å². The molecule has 1 saturated carbocycles. The molecule has 2 nitrogen and oxygen atoms in total. The Hall–Kier alpha value is -0.890. The zero-order valence-electron chi connectivity index (χ0n) is 12.2. The minimum Gasteiger partial charge on any atom is -0.316 e. The summed E-state index contributed by atoms with van der Waals surface area (Å²) in [5.41, 5.74) is 2.87. The maximum absolute atomic E-state index is 4.73. The molecule has 1 aromatic rings. The van der Waals surface area contributed by atoms with E-state index < -0.39 is 0 Å². The molecular weight excluding hydrogens is 232 g/mol. The van der Waals surface area contributed by atoms with E-state index in [4.69, 9.17) is 4.98 Å². The molecule has 0 saturated heterocycles. The van der Waals surface area contributed by atoms with Crippen LogP contribution in [0.25, 0.3) is 0 Å². The van der Waals surface area contributed by atoms with Crippen LogP contribution in [0.15, 0.2) is 18.3 Å². The first-order valence-corrected chi connectivity index (χ1v) is 7.92. The van der Waals surface area contributed by atoms with Crippen LogP contribution in [0.3, 0.4) is 0 Å². The number of fused-ring (bicyclic) bond motifs is 1. The Kier molecular flexibility index (Phi) is 3.88. The lowest BCUT2D eigenvalue weighted by Crippen LogP contribution is -2.41. The van der Waals surface area contributed by atoms with E-state index in [1.54, 1.807) is 0 Å². The average molecular weight is 258 g/mol. The first-order valence-electron chi connectivity index (χ1n) is 7.92. The number of hydrogen-bond donors (Lipinski definition) is 1. The summed E-state index contributed by atoms with van der Waals surface area (Å²) >= 11 is 0. The van der Waals surface area contributed by atoms with Crippen LogP contribution >= 0.6 is 0 Å². The van der Waals surface area contributed by atoms with Gasteiger partial charge in [0.15, 0.2) is 0 Å². The summed E-state index contributed by atoms with van der Waals surface area (Å²) in [5.74, 6) is 2.33. The summed E-state index contributed by atoms with van der Waals surface area (Å²) in [5, 5.41) is 3.65. The first kappa shape index (κ1) is 13.1. The Balaban J connectivity index is 1.88. The average Bonchev–Trinajstić information content (AvgIpc) is 2.86. The minimum atomic E-state index is 0.617. The summed E-state index contributed by atoms with van der Waals surface area (Å²) in [7, 11) is 2.15. The predicted molar refractivity (Wildman–Crippen MR) is 79.3 cm³/mol. The molecule has 104 valence electrons. The van der Waals surface area contributed by atoms with E-state index in [1.807, 2.05) is 6.20 Å². The maximum Gasteiger partial charge on any atom is 0.0482 e. The quantitative estimate of drug-likeness (QED) is 0.897. The minimum absolute atomic E-state index is 0.617. The Morgan fingerprint density at radius 3 is 2.89 bits per heavy atom. The van der Waals surface area contributed by atoms with Crippen molar-refractivity contribution in [2.75, 3.05) is 7.05 Å². The van der Waals surface area contributed by atoms with Gasteiger partial charge in [0.05, 0.1) is 0 Å². The number of aryl methyl sites for hydroxylation is 1. The van der Waals surface area contributed by atoms with Gasteiger partial charge < -0.3 is 5.32 Å². The maximum atomic E-state index is 4.73. The summed E-state index contributed by atoms with van der Waals surface area (Å²) in [6.07, 6.45) is 10.0. The second-order valence-electron chi connectivity index (χ2n) is 6.43. The van der Waals surface area contributed by atoms with Gasteiger partial charge in [0.25, 0.3) is 0 Å². The van der Waals surface area contributed by atoms with E-state index in [2.05, 4.69) is 31.4 Å². The molecule has 4 unspecified atom stereocenters. The lowest BCUT2D eigenvalue weighted by atomic mass is 9.75. The molecule has 1 aromatic heterocycles. The second-order valence-corrected chi connectivity index (χ2v) is 6.43. The molecule has 1 heterocycles. The van der Waals surface area contributed by atoms with Crippen molar-refractivity contribution >= 4 is 0 Å². The highest BCUT2D eigenvalue weighted by Crippen LogP contribution is 2.42. The van der Waals surface area contributed by atoms with E-state index in [0.717, 1.165) is 11.8 Å². The van der Waals surface area contributed by atoms with Crippen LogP contribution in [0, 0.1) is 11.8 Å². The highest BCUT2D eigenvalue weighted by atomic mass is 14.9. The number of rotatable bonds is 3. The molecule has 0 spiro atoms. The largest absolute Gasteiger partial charge is 0.316 e. The van der Waals surface area contributed by atoms with Gasteiger partial charge in [-0.1, -0.05) is 25.8 Å². The molecule has 0 radical (unpaired) electrons. The smallest absolute Gasteiger partial charge is 0.0482 e. The number of hydrogen-bond acceptors (Lipinski definition) is 2. The Labute approximate surface area is 117 Å². The lowest BCUT2D eigenvalue weighted by Gasteiger charge is -2.36.